The van der Waals surface area contributed by atoms with Crippen LogP contribution >= 0.6 is 0 Å². The van der Waals surface area contributed by atoms with E-state index in [4.69, 9.17) is 23.7 Å². The van der Waals surface area contributed by atoms with E-state index in [2.05, 4.69) is 14.9 Å². The third kappa shape index (κ3) is 5.54. The minimum Gasteiger partial charge on any atom is -0.493 e. The van der Waals surface area contributed by atoms with E-state index in [0.717, 1.165) is 5.56 Å². The van der Waals surface area contributed by atoms with Gasteiger partial charge in [-0.25, -0.2) is 0 Å². The largest absolute Gasteiger partial charge is 0.493 e. The summed E-state index contributed by atoms with van der Waals surface area (Å²) in [5, 5.41) is 0. The van der Waals surface area contributed by atoms with Crippen LogP contribution in [-0.2, 0) is 0 Å². The molecule has 0 spiro atoms. The SMILES string of the molecule is COc1cc(OC)nc(C(c2ccccc2)N2CCN(C(=O)c3cc(OC)c(OC)c(OC)c3)CC2)n1. The molecular formula is C27H32N4O6. The minimum atomic E-state index is -0.233. The summed E-state index contributed by atoms with van der Waals surface area (Å²) in [7, 11) is 7.73. The van der Waals surface area contributed by atoms with Crippen molar-refractivity contribution in [3.8, 4) is 29.0 Å². The number of amides is 1. The van der Waals surface area contributed by atoms with Crippen molar-refractivity contribution in [2.75, 3.05) is 61.7 Å². The molecule has 0 bridgehead atoms. The third-order valence-corrected chi connectivity index (χ3v) is 6.35. The Hall–Kier alpha value is -4.05. The van der Waals surface area contributed by atoms with Crippen LogP contribution in [0.15, 0.2) is 48.5 Å². The molecule has 1 amide bonds. The van der Waals surface area contributed by atoms with Crippen molar-refractivity contribution in [2.24, 2.45) is 0 Å². The van der Waals surface area contributed by atoms with Crippen LogP contribution in [0.3, 0.4) is 0 Å². The highest BCUT2D eigenvalue weighted by Gasteiger charge is 2.31. The fourth-order valence-electron chi connectivity index (χ4n) is 4.48. The van der Waals surface area contributed by atoms with Crippen LogP contribution in [0.1, 0.15) is 27.8 Å². The van der Waals surface area contributed by atoms with Gasteiger partial charge in [0.15, 0.2) is 17.3 Å². The van der Waals surface area contributed by atoms with E-state index in [9.17, 15) is 4.79 Å². The monoisotopic (exact) mass is 508 g/mol. The van der Waals surface area contributed by atoms with E-state index >= 15 is 0 Å². The van der Waals surface area contributed by atoms with Crippen molar-refractivity contribution in [1.82, 2.24) is 19.8 Å². The van der Waals surface area contributed by atoms with Crippen LogP contribution in [0.4, 0.5) is 0 Å². The van der Waals surface area contributed by atoms with Gasteiger partial charge in [0.1, 0.15) is 0 Å². The Labute approximate surface area is 216 Å². The lowest BCUT2D eigenvalue weighted by Gasteiger charge is -2.39. The summed E-state index contributed by atoms with van der Waals surface area (Å²) in [5.74, 6) is 2.67. The summed E-state index contributed by atoms with van der Waals surface area (Å²) in [6.45, 7) is 2.30. The van der Waals surface area contributed by atoms with E-state index < -0.39 is 0 Å². The number of aromatic nitrogens is 2. The Morgan fingerprint density at radius 3 is 1.81 bits per heavy atom. The van der Waals surface area contributed by atoms with Gasteiger partial charge in [-0.1, -0.05) is 30.3 Å². The zero-order valence-corrected chi connectivity index (χ0v) is 21.8. The lowest BCUT2D eigenvalue weighted by molar-refractivity contribution is 0.0590. The fraction of sp³-hybridized carbons (Fsp3) is 0.370. The molecule has 1 aromatic heterocycles. The number of hydrogen-bond donors (Lipinski definition) is 0. The van der Waals surface area contributed by atoms with Gasteiger partial charge < -0.3 is 28.6 Å². The van der Waals surface area contributed by atoms with Gasteiger partial charge in [-0.05, 0) is 17.7 Å². The van der Waals surface area contributed by atoms with Crippen LogP contribution in [-0.4, -0.2) is 87.4 Å². The molecule has 2 aromatic carbocycles. The molecule has 1 saturated heterocycles. The van der Waals surface area contributed by atoms with E-state index in [1.807, 2.05) is 35.2 Å². The quantitative estimate of drug-likeness (QED) is 0.432. The average Bonchev–Trinajstić information content (AvgIpc) is 2.96. The molecule has 1 atom stereocenters. The first-order valence-electron chi connectivity index (χ1n) is 11.9. The number of ether oxygens (including phenoxy) is 5. The maximum Gasteiger partial charge on any atom is 0.254 e. The Morgan fingerprint density at radius 2 is 1.32 bits per heavy atom. The van der Waals surface area contributed by atoms with Crippen molar-refractivity contribution in [2.45, 2.75) is 6.04 Å². The summed E-state index contributed by atoms with van der Waals surface area (Å²) in [6, 6.07) is 14.8. The normalized spacial score (nSPS) is 14.6. The van der Waals surface area contributed by atoms with Gasteiger partial charge in [0.2, 0.25) is 17.5 Å². The highest BCUT2D eigenvalue weighted by molar-refractivity contribution is 5.95. The Bertz CT molecular complexity index is 1170. The van der Waals surface area contributed by atoms with E-state index in [-0.39, 0.29) is 11.9 Å². The molecule has 1 unspecified atom stereocenters. The van der Waals surface area contributed by atoms with E-state index in [0.29, 0.717) is 66.6 Å². The van der Waals surface area contributed by atoms with Gasteiger partial charge in [-0.15, -0.1) is 0 Å². The zero-order chi connectivity index (χ0) is 26.4. The highest BCUT2D eigenvalue weighted by Crippen LogP contribution is 2.38. The molecule has 196 valence electrons. The molecule has 10 heteroatoms. The van der Waals surface area contributed by atoms with Crippen LogP contribution in [0, 0.1) is 0 Å². The number of piperazine rings is 1. The number of nitrogens with zero attached hydrogens (tertiary/aromatic N) is 4. The minimum absolute atomic E-state index is 0.102. The molecule has 0 radical (unpaired) electrons. The summed E-state index contributed by atoms with van der Waals surface area (Å²) in [4.78, 5) is 26.8. The highest BCUT2D eigenvalue weighted by atomic mass is 16.5. The lowest BCUT2D eigenvalue weighted by atomic mass is 10.0. The summed E-state index contributed by atoms with van der Waals surface area (Å²) >= 11 is 0. The molecule has 1 aliphatic rings. The molecule has 10 nitrogen and oxygen atoms in total. The Balaban J connectivity index is 1.58. The van der Waals surface area contributed by atoms with Gasteiger partial charge in [0.25, 0.3) is 5.91 Å². The van der Waals surface area contributed by atoms with Crippen LogP contribution in [0.2, 0.25) is 0 Å². The maximum atomic E-state index is 13.4. The lowest BCUT2D eigenvalue weighted by Crippen LogP contribution is -2.50. The van der Waals surface area contributed by atoms with Crippen molar-refractivity contribution in [3.05, 3.63) is 65.5 Å². The molecule has 0 N–H and O–H groups in total. The second-order valence-corrected chi connectivity index (χ2v) is 8.37. The summed E-state index contributed by atoms with van der Waals surface area (Å²) in [6.07, 6.45) is 0. The summed E-state index contributed by atoms with van der Waals surface area (Å²) in [5.41, 5.74) is 1.52. The molecule has 4 rings (SSSR count). The number of carbonyl (C=O) groups is 1. The van der Waals surface area contributed by atoms with Gasteiger partial charge in [-0.3, -0.25) is 9.69 Å². The first-order chi connectivity index (χ1) is 18.0. The van der Waals surface area contributed by atoms with Crippen molar-refractivity contribution < 1.29 is 28.5 Å². The van der Waals surface area contributed by atoms with E-state index in [1.54, 1.807) is 32.4 Å². The predicted octanol–water partition coefficient (Wildman–Crippen LogP) is 3.07. The van der Waals surface area contributed by atoms with Gasteiger partial charge in [-0.2, -0.15) is 9.97 Å². The first-order valence-corrected chi connectivity index (χ1v) is 11.9. The molecule has 0 saturated carbocycles. The predicted molar refractivity (Wildman–Crippen MR) is 137 cm³/mol. The van der Waals surface area contributed by atoms with Gasteiger partial charge in [0, 0.05) is 31.7 Å². The topological polar surface area (TPSA) is 95.5 Å². The average molecular weight is 509 g/mol. The number of hydrogen-bond acceptors (Lipinski definition) is 9. The third-order valence-electron chi connectivity index (χ3n) is 6.35. The molecule has 0 aliphatic carbocycles. The number of carbonyl (C=O) groups excluding carboxylic acids is 1. The standard InChI is InChI=1S/C27H32N4O6/c1-33-20-15-19(16-21(34-2)25(20)37-5)27(32)31-13-11-30(12-14-31)24(18-9-7-6-8-10-18)26-28-22(35-3)17-23(29-26)36-4/h6-10,15-17,24H,11-14H2,1-5H3. The Morgan fingerprint density at radius 1 is 0.757 bits per heavy atom. The molecule has 1 fully saturated rings. The van der Waals surface area contributed by atoms with Gasteiger partial charge >= 0.3 is 0 Å². The molecular weight excluding hydrogens is 476 g/mol. The summed E-state index contributed by atoms with van der Waals surface area (Å²) < 4.78 is 27.0. The maximum absolute atomic E-state index is 13.4. The first kappa shape index (κ1) is 26.0. The number of benzene rings is 2. The second-order valence-electron chi connectivity index (χ2n) is 8.37. The van der Waals surface area contributed by atoms with Crippen molar-refractivity contribution in [1.29, 1.82) is 0 Å². The fourth-order valence-corrected chi connectivity index (χ4v) is 4.48. The second kappa shape index (κ2) is 11.8. The smallest absolute Gasteiger partial charge is 0.254 e. The molecule has 37 heavy (non-hydrogen) atoms. The van der Waals surface area contributed by atoms with Crippen LogP contribution in [0.5, 0.6) is 29.0 Å². The molecule has 1 aliphatic heterocycles. The number of rotatable bonds is 9. The van der Waals surface area contributed by atoms with Crippen LogP contribution < -0.4 is 23.7 Å². The molecule has 3 aromatic rings. The van der Waals surface area contributed by atoms with Gasteiger partial charge in [0.05, 0.1) is 47.7 Å². The Kier molecular flexibility index (Phi) is 8.29. The number of methoxy groups -OCH3 is 5. The zero-order valence-electron chi connectivity index (χ0n) is 21.8. The van der Waals surface area contributed by atoms with Crippen molar-refractivity contribution in [3.63, 3.8) is 0 Å². The molecule has 2 heterocycles. The van der Waals surface area contributed by atoms with E-state index in [1.165, 1.54) is 21.3 Å². The van der Waals surface area contributed by atoms with Crippen molar-refractivity contribution >= 4 is 5.91 Å². The van der Waals surface area contributed by atoms with Crippen LogP contribution in [0.25, 0.3) is 0 Å².